The first kappa shape index (κ1) is 9.41. The molecular weight excluding hydrogens is 209 g/mol. The number of rotatable bonds is 0. The molecule has 0 aromatic heterocycles. The van der Waals surface area contributed by atoms with Gasteiger partial charge in [-0.3, -0.25) is 0 Å². The molecule has 2 rings (SSSR count). The van der Waals surface area contributed by atoms with Crippen LogP contribution < -0.4 is 0 Å². The van der Waals surface area contributed by atoms with Gasteiger partial charge in [0, 0.05) is 32.7 Å². The van der Waals surface area contributed by atoms with Crippen LogP contribution in [-0.2, 0) is 45.6 Å². The first-order valence-corrected chi connectivity index (χ1v) is 3.95. The summed E-state index contributed by atoms with van der Waals surface area (Å²) in [6.07, 6.45) is 5.29. The molecular formula is C10H11Y-. The molecule has 0 N–H and O–H groups in total. The molecule has 11 heavy (non-hydrogen) atoms. The summed E-state index contributed by atoms with van der Waals surface area (Å²) >= 11 is 0. The van der Waals surface area contributed by atoms with Crippen LogP contribution in [0.1, 0.15) is 24.0 Å². The Bertz CT molecular complexity index is 205. The van der Waals surface area contributed by atoms with E-state index in [1.54, 1.807) is 5.56 Å². The smallest absolute Gasteiger partial charge is 0 e. The Morgan fingerprint density at radius 1 is 1.09 bits per heavy atom. The van der Waals surface area contributed by atoms with Gasteiger partial charge in [-0.2, -0.15) is 35.4 Å². The van der Waals surface area contributed by atoms with Crippen molar-refractivity contribution < 1.29 is 32.7 Å². The van der Waals surface area contributed by atoms with Crippen molar-refractivity contribution in [1.82, 2.24) is 0 Å². The molecule has 0 saturated heterocycles. The SMILES string of the molecule is [Y].[c-]1ccc2c(c1)CCCC2. The minimum Gasteiger partial charge on any atom is -0.184 e. The van der Waals surface area contributed by atoms with Crippen molar-refractivity contribution in [2.45, 2.75) is 25.7 Å². The largest absolute Gasteiger partial charge is 0.184 e. The van der Waals surface area contributed by atoms with Gasteiger partial charge < -0.3 is 0 Å². The van der Waals surface area contributed by atoms with Crippen molar-refractivity contribution >= 4 is 0 Å². The fourth-order valence-electron chi connectivity index (χ4n) is 1.60. The van der Waals surface area contributed by atoms with Gasteiger partial charge >= 0.3 is 0 Å². The van der Waals surface area contributed by atoms with Crippen molar-refractivity contribution in [1.29, 1.82) is 0 Å². The molecule has 1 aromatic carbocycles. The fraction of sp³-hybridized carbons (Fsp3) is 0.400. The summed E-state index contributed by atoms with van der Waals surface area (Å²) in [7, 11) is 0. The van der Waals surface area contributed by atoms with Crippen LogP contribution in [0.2, 0.25) is 0 Å². The average molecular weight is 220 g/mol. The summed E-state index contributed by atoms with van der Waals surface area (Å²) in [5.74, 6) is 0. The van der Waals surface area contributed by atoms with E-state index in [1.165, 1.54) is 31.2 Å². The molecule has 0 spiro atoms. The minimum absolute atomic E-state index is 0. The number of aryl methyl sites for hydroxylation is 2. The van der Waals surface area contributed by atoms with E-state index in [1.807, 2.05) is 6.07 Å². The van der Waals surface area contributed by atoms with Crippen LogP contribution in [0.3, 0.4) is 0 Å². The van der Waals surface area contributed by atoms with Crippen LogP contribution in [-0.4, -0.2) is 0 Å². The second-order valence-corrected chi connectivity index (χ2v) is 2.90. The minimum atomic E-state index is 0. The van der Waals surface area contributed by atoms with Crippen LogP contribution in [0.4, 0.5) is 0 Å². The van der Waals surface area contributed by atoms with Gasteiger partial charge in [0.25, 0.3) is 0 Å². The summed E-state index contributed by atoms with van der Waals surface area (Å²) < 4.78 is 0. The topological polar surface area (TPSA) is 0 Å². The van der Waals surface area contributed by atoms with Crippen LogP contribution in [0.25, 0.3) is 0 Å². The quantitative estimate of drug-likeness (QED) is 0.589. The molecule has 1 aliphatic carbocycles. The maximum Gasteiger partial charge on any atom is 0 e. The standard InChI is InChI=1S/C10H11.Y/c1-2-6-10-8-4-3-7-9(10)5-1;/h1,5-6H,3-4,7-8H2;/q-1;. The summed E-state index contributed by atoms with van der Waals surface area (Å²) in [6, 6.07) is 9.47. The molecule has 0 nitrogen and oxygen atoms in total. The molecule has 0 amide bonds. The molecule has 0 heterocycles. The predicted molar refractivity (Wildman–Crippen MR) is 41.9 cm³/mol. The molecule has 1 heteroatoms. The summed E-state index contributed by atoms with van der Waals surface area (Å²) in [5, 5.41) is 0. The van der Waals surface area contributed by atoms with E-state index >= 15 is 0 Å². The number of benzene rings is 1. The monoisotopic (exact) mass is 220 g/mol. The van der Waals surface area contributed by atoms with Gasteiger partial charge in [-0.1, -0.05) is 25.7 Å². The van der Waals surface area contributed by atoms with E-state index in [0.29, 0.717) is 0 Å². The molecule has 0 unspecified atom stereocenters. The van der Waals surface area contributed by atoms with Gasteiger partial charge in [0.15, 0.2) is 0 Å². The van der Waals surface area contributed by atoms with E-state index in [0.717, 1.165) is 0 Å². The zero-order valence-electron chi connectivity index (χ0n) is 6.64. The van der Waals surface area contributed by atoms with E-state index in [-0.39, 0.29) is 32.7 Å². The van der Waals surface area contributed by atoms with Crippen LogP contribution in [0, 0.1) is 6.07 Å². The maximum absolute atomic E-state index is 3.12. The van der Waals surface area contributed by atoms with Gasteiger partial charge in [-0.15, -0.1) is 0 Å². The fourth-order valence-corrected chi connectivity index (χ4v) is 1.60. The molecule has 55 valence electrons. The first-order chi connectivity index (χ1) is 4.97. The normalized spacial score (nSPS) is 14.9. The van der Waals surface area contributed by atoms with Crippen molar-refractivity contribution in [3.63, 3.8) is 0 Å². The Hall–Kier alpha value is 0.324. The Kier molecular flexibility index (Phi) is 3.74. The molecule has 0 atom stereocenters. The molecule has 1 aliphatic rings. The third-order valence-corrected chi connectivity index (χ3v) is 2.19. The van der Waals surface area contributed by atoms with E-state index in [4.69, 9.17) is 0 Å². The van der Waals surface area contributed by atoms with Gasteiger partial charge in [-0.25, -0.2) is 0 Å². The summed E-state index contributed by atoms with van der Waals surface area (Å²) in [6.45, 7) is 0. The summed E-state index contributed by atoms with van der Waals surface area (Å²) in [4.78, 5) is 0. The van der Waals surface area contributed by atoms with Gasteiger partial charge in [-0.05, 0) is 0 Å². The molecule has 0 bridgehead atoms. The third-order valence-electron chi connectivity index (χ3n) is 2.19. The van der Waals surface area contributed by atoms with Crippen molar-refractivity contribution in [2.75, 3.05) is 0 Å². The molecule has 1 radical (unpaired) electrons. The van der Waals surface area contributed by atoms with E-state index in [2.05, 4.69) is 18.2 Å². The second kappa shape index (κ2) is 4.37. The Morgan fingerprint density at radius 2 is 1.82 bits per heavy atom. The van der Waals surface area contributed by atoms with E-state index in [9.17, 15) is 0 Å². The number of fused-ring (bicyclic) bond motifs is 1. The third kappa shape index (κ3) is 2.13. The Balaban J connectivity index is 0.000000605. The van der Waals surface area contributed by atoms with Crippen molar-refractivity contribution in [2.24, 2.45) is 0 Å². The number of hydrogen-bond acceptors (Lipinski definition) is 0. The Morgan fingerprint density at radius 3 is 2.55 bits per heavy atom. The van der Waals surface area contributed by atoms with Crippen LogP contribution in [0.15, 0.2) is 18.2 Å². The van der Waals surface area contributed by atoms with E-state index < -0.39 is 0 Å². The predicted octanol–water partition coefficient (Wildman–Crippen LogP) is 2.36. The maximum atomic E-state index is 3.12. The number of hydrogen-bond donors (Lipinski definition) is 0. The van der Waals surface area contributed by atoms with Crippen LogP contribution in [0.5, 0.6) is 0 Å². The zero-order chi connectivity index (χ0) is 6.81. The zero-order valence-corrected chi connectivity index (χ0v) is 9.48. The summed E-state index contributed by atoms with van der Waals surface area (Å²) in [5.41, 5.74) is 3.07. The van der Waals surface area contributed by atoms with Crippen molar-refractivity contribution in [3.05, 3.63) is 35.4 Å². The molecule has 0 saturated carbocycles. The van der Waals surface area contributed by atoms with Gasteiger partial charge in [0.2, 0.25) is 0 Å². The van der Waals surface area contributed by atoms with Gasteiger partial charge in [0.1, 0.15) is 0 Å². The average Bonchev–Trinajstić information content (AvgIpc) is 2.05. The first-order valence-electron chi connectivity index (χ1n) is 3.95. The molecule has 0 fully saturated rings. The van der Waals surface area contributed by atoms with Gasteiger partial charge in [0.05, 0.1) is 0 Å². The Labute approximate surface area is 93.3 Å². The van der Waals surface area contributed by atoms with Crippen LogP contribution >= 0.6 is 0 Å². The van der Waals surface area contributed by atoms with Crippen molar-refractivity contribution in [3.8, 4) is 0 Å². The molecule has 1 aromatic rings. The second-order valence-electron chi connectivity index (χ2n) is 2.90. The molecule has 0 aliphatic heterocycles.